The highest BCUT2D eigenvalue weighted by Gasteiger charge is 2.25. The second kappa shape index (κ2) is 5.87. The van der Waals surface area contributed by atoms with Crippen LogP contribution in [-0.2, 0) is 17.8 Å². The maximum Gasteiger partial charge on any atom is 0.344 e. The Balaban J connectivity index is 1.71. The lowest BCUT2D eigenvalue weighted by Crippen LogP contribution is -2.30. The van der Waals surface area contributed by atoms with Crippen molar-refractivity contribution in [2.75, 3.05) is 0 Å². The van der Waals surface area contributed by atoms with Crippen molar-refractivity contribution in [2.45, 2.75) is 25.6 Å². The summed E-state index contributed by atoms with van der Waals surface area (Å²) >= 11 is 0. The number of benzene rings is 2. The summed E-state index contributed by atoms with van der Waals surface area (Å²) in [7, 11) is 0. The van der Waals surface area contributed by atoms with E-state index in [1.54, 1.807) is 6.07 Å². The predicted molar refractivity (Wildman–Crippen MR) is 77.6 cm³/mol. The second-order valence-electron chi connectivity index (χ2n) is 5.03. The fourth-order valence-corrected chi connectivity index (χ4v) is 2.35. The topological polar surface area (TPSA) is 55.8 Å². The van der Waals surface area contributed by atoms with Crippen molar-refractivity contribution >= 4 is 5.97 Å². The van der Waals surface area contributed by atoms with E-state index >= 15 is 0 Å². The number of hydrogen-bond donors (Lipinski definition) is 1. The molecule has 1 N–H and O–H groups in total. The molecule has 0 fully saturated rings. The largest absolute Gasteiger partial charge is 0.489 e. The molecule has 0 saturated heterocycles. The molecule has 3 rings (SSSR count). The van der Waals surface area contributed by atoms with Gasteiger partial charge in [-0.2, -0.15) is 0 Å². The molecule has 0 radical (unpaired) electrons. The summed E-state index contributed by atoms with van der Waals surface area (Å²) in [5.41, 5.74) is 2.11. The zero-order valence-electron chi connectivity index (χ0n) is 11.5. The number of carboxylic acid groups (broad SMARTS) is 1. The van der Waals surface area contributed by atoms with Gasteiger partial charge in [0.05, 0.1) is 0 Å². The SMILES string of the molecule is O=C(O)[C@H]1CCc2ccc(OCc3ccccc3)cc2O1. The number of fused-ring (bicyclic) bond motifs is 1. The van der Waals surface area contributed by atoms with Crippen LogP contribution in [0.1, 0.15) is 17.5 Å². The molecule has 2 aromatic rings. The van der Waals surface area contributed by atoms with Gasteiger partial charge in [-0.25, -0.2) is 4.79 Å². The summed E-state index contributed by atoms with van der Waals surface area (Å²) in [4.78, 5) is 11.0. The van der Waals surface area contributed by atoms with Gasteiger partial charge in [-0.3, -0.25) is 0 Å². The van der Waals surface area contributed by atoms with Gasteiger partial charge >= 0.3 is 5.97 Å². The van der Waals surface area contributed by atoms with Crippen LogP contribution < -0.4 is 9.47 Å². The normalized spacial score (nSPS) is 16.7. The molecule has 21 heavy (non-hydrogen) atoms. The van der Waals surface area contributed by atoms with Gasteiger partial charge in [0, 0.05) is 6.07 Å². The van der Waals surface area contributed by atoms with E-state index in [2.05, 4.69) is 0 Å². The highest BCUT2D eigenvalue weighted by Crippen LogP contribution is 2.31. The van der Waals surface area contributed by atoms with Crippen molar-refractivity contribution in [2.24, 2.45) is 0 Å². The van der Waals surface area contributed by atoms with Crippen molar-refractivity contribution in [1.82, 2.24) is 0 Å². The molecule has 0 spiro atoms. The van der Waals surface area contributed by atoms with Gasteiger partial charge in [-0.05, 0) is 30.0 Å². The number of aliphatic carboxylic acids is 1. The predicted octanol–water partition coefficient (Wildman–Crippen LogP) is 3.04. The maximum absolute atomic E-state index is 11.0. The number of carbonyl (C=O) groups is 1. The number of ether oxygens (including phenoxy) is 2. The zero-order valence-corrected chi connectivity index (χ0v) is 11.5. The molecule has 0 aromatic heterocycles. The third-order valence-electron chi connectivity index (χ3n) is 3.51. The number of hydrogen-bond acceptors (Lipinski definition) is 3. The van der Waals surface area contributed by atoms with Crippen molar-refractivity contribution < 1.29 is 19.4 Å². The average molecular weight is 284 g/mol. The minimum absolute atomic E-state index is 0.474. The van der Waals surface area contributed by atoms with Crippen LogP contribution >= 0.6 is 0 Å². The van der Waals surface area contributed by atoms with Crippen LogP contribution in [0.2, 0.25) is 0 Å². The Morgan fingerprint density at radius 1 is 1.24 bits per heavy atom. The number of carboxylic acids is 1. The quantitative estimate of drug-likeness (QED) is 0.937. The Morgan fingerprint density at radius 3 is 2.81 bits per heavy atom. The molecule has 0 saturated carbocycles. The summed E-state index contributed by atoms with van der Waals surface area (Å²) in [6, 6.07) is 15.5. The van der Waals surface area contributed by atoms with E-state index in [1.807, 2.05) is 42.5 Å². The van der Waals surface area contributed by atoms with Crippen LogP contribution in [0.3, 0.4) is 0 Å². The summed E-state index contributed by atoms with van der Waals surface area (Å²) in [5.74, 6) is 0.374. The van der Waals surface area contributed by atoms with E-state index < -0.39 is 12.1 Å². The number of rotatable bonds is 4. The Hall–Kier alpha value is -2.49. The van der Waals surface area contributed by atoms with E-state index in [1.165, 1.54) is 0 Å². The Kier molecular flexibility index (Phi) is 3.77. The lowest BCUT2D eigenvalue weighted by atomic mass is 10.0. The van der Waals surface area contributed by atoms with Gasteiger partial charge in [-0.15, -0.1) is 0 Å². The third-order valence-corrected chi connectivity index (χ3v) is 3.51. The van der Waals surface area contributed by atoms with Gasteiger partial charge < -0.3 is 14.6 Å². The lowest BCUT2D eigenvalue weighted by molar-refractivity contribution is -0.145. The summed E-state index contributed by atoms with van der Waals surface area (Å²) in [6.45, 7) is 0.474. The minimum atomic E-state index is -0.920. The fraction of sp³-hybridized carbons (Fsp3) is 0.235. The first-order valence-corrected chi connectivity index (χ1v) is 6.91. The lowest BCUT2D eigenvalue weighted by Gasteiger charge is -2.23. The van der Waals surface area contributed by atoms with E-state index in [4.69, 9.17) is 14.6 Å². The van der Waals surface area contributed by atoms with Gasteiger partial charge in [0.15, 0.2) is 6.10 Å². The first-order chi connectivity index (χ1) is 10.2. The van der Waals surface area contributed by atoms with Gasteiger partial charge in [0.1, 0.15) is 18.1 Å². The fourth-order valence-electron chi connectivity index (χ4n) is 2.35. The molecule has 108 valence electrons. The van der Waals surface area contributed by atoms with Crippen molar-refractivity contribution in [3.63, 3.8) is 0 Å². The Morgan fingerprint density at radius 2 is 2.05 bits per heavy atom. The average Bonchev–Trinajstić information content (AvgIpc) is 2.53. The standard InChI is InChI=1S/C17H16O4/c18-17(19)15-9-7-13-6-8-14(10-16(13)21-15)20-11-12-4-2-1-3-5-12/h1-6,8,10,15H,7,9,11H2,(H,18,19)/t15-/m1/s1. The van der Waals surface area contributed by atoms with Crippen molar-refractivity contribution in [3.05, 3.63) is 59.7 Å². The molecule has 4 nitrogen and oxygen atoms in total. The smallest absolute Gasteiger partial charge is 0.344 e. The van der Waals surface area contributed by atoms with E-state index in [9.17, 15) is 4.79 Å². The molecule has 1 heterocycles. The van der Waals surface area contributed by atoms with Crippen molar-refractivity contribution in [1.29, 1.82) is 0 Å². The van der Waals surface area contributed by atoms with E-state index in [0.29, 0.717) is 30.9 Å². The van der Waals surface area contributed by atoms with Crippen LogP contribution in [0, 0.1) is 0 Å². The molecule has 2 aromatic carbocycles. The zero-order chi connectivity index (χ0) is 14.7. The van der Waals surface area contributed by atoms with Crippen LogP contribution in [0.5, 0.6) is 11.5 Å². The van der Waals surface area contributed by atoms with Crippen molar-refractivity contribution in [3.8, 4) is 11.5 Å². The molecule has 0 aliphatic carbocycles. The highest BCUT2D eigenvalue weighted by molar-refractivity contribution is 5.73. The molecule has 1 aliphatic rings. The molecular formula is C17H16O4. The van der Waals surface area contributed by atoms with E-state index in [0.717, 1.165) is 11.1 Å². The van der Waals surface area contributed by atoms with Gasteiger partial charge in [-0.1, -0.05) is 36.4 Å². The van der Waals surface area contributed by atoms with Crippen LogP contribution in [0.4, 0.5) is 0 Å². The molecule has 1 aliphatic heterocycles. The van der Waals surface area contributed by atoms with Gasteiger partial charge in [0.25, 0.3) is 0 Å². The number of aryl methyl sites for hydroxylation is 1. The third kappa shape index (κ3) is 3.16. The molecule has 0 bridgehead atoms. The monoisotopic (exact) mass is 284 g/mol. The molecule has 0 unspecified atom stereocenters. The highest BCUT2D eigenvalue weighted by atomic mass is 16.5. The Labute approximate surface area is 122 Å². The summed E-state index contributed by atoms with van der Waals surface area (Å²) in [5, 5.41) is 9.03. The Bertz CT molecular complexity index is 636. The molecule has 4 heteroatoms. The molecular weight excluding hydrogens is 268 g/mol. The minimum Gasteiger partial charge on any atom is -0.489 e. The van der Waals surface area contributed by atoms with Crippen LogP contribution in [0.25, 0.3) is 0 Å². The molecule has 0 amide bonds. The first kappa shape index (κ1) is 13.5. The first-order valence-electron chi connectivity index (χ1n) is 6.91. The van der Waals surface area contributed by atoms with Crippen LogP contribution in [0.15, 0.2) is 48.5 Å². The van der Waals surface area contributed by atoms with Crippen LogP contribution in [-0.4, -0.2) is 17.2 Å². The second-order valence-corrected chi connectivity index (χ2v) is 5.03. The van der Waals surface area contributed by atoms with E-state index in [-0.39, 0.29) is 0 Å². The summed E-state index contributed by atoms with van der Waals surface area (Å²) < 4.78 is 11.2. The van der Waals surface area contributed by atoms with Gasteiger partial charge in [0.2, 0.25) is 0 Å². The molecule has 1 atom stereocenters. The summed E-state index contributed by atoms with van der Waals surface area (Å²) in [6.07, 6.45) is 0.458. The maximum atomic E-state index is 11.0.